The molecule has 3 rings (SSSR count). The minimum Gasteiger partial charge on any atom is -0.495 e. The summed E-state index contributed by atoms with van der Waals surface area (Å²) in [6.07, 6.45) is 1.03. The number of nitrogens with one attached hydrogen (secondary N) is 2. The zero-order valence-corrected chi connectivity index (χ0v) is 21.4. The lowest BCUT2D eigenvalue weighted by Crippen LogP contribution is -2.37. The quantitative estimate of drug-likeness (QED) is 0.448. The number of rotatable bonds is 9. The number of amides is 1. The molecule has 0 aliphatic heterocycles. The van der Waals surface area contributed by atoms with E-state index in [4.69, 9.17) is 4.74 Å². The number of ether oxygens (including phenoxy) is 1. The van der Waals surface area contributed by atoms with E-state index in [1.54, 1.807) is 49.4 Å². The van der Waals surface area contributed by atoms with Gasteiger partial charge in [-0.1, -0.05) is 24.3 Å². The highest BCUT2D eigenvalue weighted by molar-refractivity contribution is 7.92. The number of methoxy groups -OCH3 is 1. The molecule has 186 valence electrons. The van der Waals surface area contributed by atoms with Crippen molar-refractivity contribution in [2.45, 2.75) is 18.7 Å². The van der Waals surface area contributed by atoms with Gasteiger partial charge in [-0.15, -0.1) is 0 Å². The summed E-state index contributed by atoms with van der Waals surface area (Å²) in [5.74, 6) is -0.191. The zero-order valence-electron chi connectivity index (χ0n) is 19.8. The summed E-state index contributed by atoms with van der Waals surface area (Å²) >= 11 is 0. The van der Waals surface area contributed by atoms with Gasteiger partial charge in [-0.05, 0) is 67.4 Å². The van der Waals surface area contributed by atoms with Crippen LogP contribution in [0.15, 0.2) is 71.6 Å². The summed E-state index contributed by atoms with van der Waals surface area (Å²) in [4.78, 5) is 12.6. The van der Waals surface area contributed by atoms with Crippen molar-refractivity contribution in [1.82, 2.24) is 0 Å². The number of aryl methyl sites for hydroxylation is 2. The molecule has 0 aromatic heterocycles. The van der Waals surface area contributed by atoms with Crippen molar-refractivity contribution in [3.8, 4) is 5.75 Å². The van der Waals surface area contributed by atoms with Gasteiger partial charge in [0.1, 0.15) is 12.3 Å². The molecule has 0 unspecified atom stereocenters. The normalized spacial score (nSPS) is 11.5. The Morgan fingerprint density at radius 2 is 1.60 bits per heavy atom. The topological polar surface area (TPSA) is 122 Å². The van der Waals surface area contributed by atoms with Gasteiger partial charge in [-0.25, -0.2) is 16.8 Å². The number of nitrogens with zero attached hydrogens (tertiary/aromatic N) is 1. The van der Waals surface area contributed by atoms with Gasteiger partial charge in [-0.2, -0.15) is 0 Å². The number of anilines is 3. The highest BCUT2D eigenvalue weighted by Gasteiger charge is 2.22. The summed E-state index contributed by atoms with van der Waals surface area (Å²) in [6, 6.07) is 17.5. The van der Waals surface area contributed by atoms with E-state index in [1.807, 2.05) is 6.92 Å². The zero-order chi connectivity index (χ0) is 25.8. The third-order valence-corrected chi connectivity index (χ3v) is 7.63. The van der Waals surface area contributed by atoms with E-state index >= 15 is 0 Å². The number of carbonyl (C=O) groups excluding carboxylic acids is 1. The number of benzene rings is 3. The maximum atomic E-state index is 12.8. The van der Waals surface area contributed by atoms with E-state index in [1.165, 1.54) is 31.4 Å². The maximum Gasteiger partial charge on any atom is 0.262 e. The summed E-state index contributed by atoms with van der Waals surface area (Å²) in [5, 5.41) is 2.61. The lowest BCUT2D eigenvalue weighted by molar-refractivity contribution is -0.114. The Morgan fingerprint density at radius 3 is 2.20 bits per heavy atom. The number of sulfonamides is 2. The molecule has 3 aromatic rings. The molecule has 1 amide bonds. The molecule has 0 saturated heterocycles. The largest absolute Gasteiger partial charge is 0.495 e. The third-order valence-electron chi connectivity index (χ3n) is 5.12. The van der Waals surface area contributed by atoms with Crippen molar-refractivity contribution in [3.63, 3.8) is 0 Å². The van der Waals surface area contributed by atoms with E-state index in [-0.39, 0.29) is 4.90 Å². The highest BCUT2D eigenvalue weighted by Crippen LogP contribution is 2.28. The van der Waals surface area contributed by atoms with Crippen LogP contribution in [0.25, 0.3) is 0 Å². The molecule has 0 radical (unpaired) electrons. The summed E-state index contributed by atoms with van der Waals surface area (Å²) in [5.41, 5.74) is 2.60. The van der Waals surface area contributed by atoms with Crippen LogP contribution < -0.4 is 19.1 Å². The van der Waals surface area contributed by atoms with Gasteiger partial charge in [-0.3, -0.25) is 13.8 Å². The van der Waals surface area contributed by atoms with Crippen LogP contribution in [-0.4, -0.2) is 42.7 Å². The van der Waals surface area contributed by atoms with Gasteiger partial charge >= 0.3 is 0 Å². The molecular formula is C24H27N3O6S2. The monoisotopic (exact) mass is 517 g/mol. The predicted octanol–water partition coefficient (Wildman–Crippen LogP) is 3.52. The fourth-order valence-corrected chi connectivity index (χ4v) is 5.35. The number of hydrogen-bond donors (Lipinski definition) is 2. The first kappa shape index (κ1) is 26.0. The van der Waals surface area contributed by atoms with E-state index in [0.717, 1.165) is 16.1 Å². The Bertz CT molecular complexity index is 1440. The van der Waals surface area contributed by atoms with E-state index < -0.39 is 32.5 Å². The molecule has 0 saturated carbocycles. The molecular weight excluding hydrogens is 490 g/mol. The Morgan fingerprint density at radius 1 is 0.943 bits per heavy atom. The number of hydrogen-bond acceptors (Lipinski definition) is 6. The van der Waals surface area contributed by atoms with Crippen molar-refractivity contribution in [3.05, 3.63) is 77.9 Å². The SMILES string of the molecule is COc1ccc(C)cc1NS(=O)(=O)c1ccc(NC(=O)CN(c2ccccc2C)S(C)(=O)=O)cc1. The maximum absolute atomic E-state index is 12.8. The second-order valence-corrected chi connectivity index (χ2v) is 11.5. The lowest BCUT2D eigenvalue weighted by Gasteiger charge is -2.23. The van der Waals surface area contributed by atoms with Gasteiger partial charge in [0.2, 0.25) is 15.9 Å². The van der Waals surface area contributed by atoms with Crippen molar-refractivity contribution >= 4 is 43.0 Å². The van der Waals surface area contributed by atoms with Gasteiger partial charge in [0, 0.05) is 5.69 Å². The van der Waals surface area contributed by atoms with Gasteiger partial charge < -0.3 is 10.1 Å². The first-order chi connectivity index (χ1) is 16.4. The van der Waals surface area contributed by atoms with Crippen LogP contribution >= 0.6 is 0 Å². The van der Waals surface area contributed by atoms with Crippen LogP contribution in [0.1, 0.15) is 11.1 Å². The second kappa shape index (κ2) is 10.4. The average Bonchev–Trinajstić information content (AvgIpc) is 2.78. The van der Waals surface area contributed by atoms with Crippen LogP contribution in [0.2, 0.25) is 0 Å². The highest BCUT2D eigenvalue weighted by atomic mass is 32.2. The summed E-state index contributed by atoms with van der Waals surface area (Å²) < 4.78 is 59.0. The smallest absolute Gasteiger partial charge is 0.262 e. The Balaban J connectivity index is 1.75. The number of carbonyl (C=O) groups is 1. The van der Waals surface area contributed by atoms with Gasteiger partial charge in [0.15, 0.2) is 0 Å². The van der Waals surface area contributed by atoms with E-state index in [0.29, 0.717) is 28.4 Å². The Labute approximate surface area is 205 Å². The van der Waals surface area contributed by atoms with Crippen molar-refractivity contribution in [2.75, 3.05) is 34.3 Å². The van der Waals surface area contributed by atoms with Crippen LogP contribution in [0.3, 0.4) is 0 Å². The molecule has 0 spiro atoms. The molecule has 0 aliphatic rings. The van der Waals surface area contributed by atoms with E-state index in [9.17, 15) is 21.6 Å². The fraction of sp³-hybridized carbons (Fsp3) is 0.208. The summed E-state index contributed by atoms with van der Waals surface area (Å²) in [6.45, 7) is 3.15. The van der Waals surface area contributed by atoms with E-state index in [2.05, 4.69) is 10.0 Å². The molecule has 9 nitrogen and oxygen atoms in total. The average molecular weight is 518 g/mol. The third kappa shape index (κ3) is 6.52. The molecule has 2 N–H and O–H groups in total. The van der Waals surface area contributed by atoms with Crippen molar-refractivity contribution in [1.29, 1.82) is 0 Å². The van der Waals surface area contributed by atoms with Gasteiger partial charge in [0.05, 0.1) is 29.6 Å². The predicted molar refractivity (Wildman–Crippen MR) is 137 cm³/mol. The minimum absolute atomic E-state index is 0.0169. The Kier molecular flexibility index (Phi) is 7.71. The minimum atomic E-state index is -3.92. The molecule has 0 bridgehead atoms. The van der Waals surface area contributed by atoms with Crippen molar-refractivity contribution < 1.29 is 26.4 Å². The molecule has 35 heavy (non-hydrogen) atoms. The van der Waals surface area contributed by atoms with Gasteiger partial charge in [0.25, 0.3) is 10.0 Å². The first-order valence-electron chi connectivity index (χ1n) is 10.5. The molecule has 0 atom stereocenters. The molecule has 11 heteroatoms. The van der Waals surface area contributed by atoms with Crippen LogP contribution in [0.5, 0.6) is 5.75 Å². The van der Waals surface area contributed by atoms with Crippen LogP contribution in [0, 0.1) is 13.8 Å². The van der Waals surface area contributed by atoms with Crippen molar-refractivity contribution in [2.24, 2.45) is 0 Å². The van der Waals surface area contributed by atoms with Crippen LogP contribution in [-0.2, 0) is 24.8 Å². The lowest BCUT2D eigenvalue weighted by atomic mass is 10.2. The summed E-state index contributed by atoms with van der Waals surface area (Å²) in [7, 11) is -6.19. The standard InChI is InChI=1S/C24H27N3O6S2/c1-17-9-14-23(33-3)21(15-17)26-35(31,32)20-12-10-19(11-13-20)25-24(28)16-27(34(4,29)30)22-8-6-5-7-18(22)2/h5-15,26H,16H2,1-4H3,(H,25,28). The molecule has 0 heterocycles. The molecule has 0 fully saturated rings. The molecule has 3 aromatic carbocycles. The molecule has 0 aliphatic carbocycles. The first-order valence-corrected chi connectivity index (χ1v) is 13.8. The number of para-hydroxylation sites is 1. The Hall–Kier alpha value is -3.57. The van der Waals surface area contributed by atoms with Crippen LogP contribution in [0.4, 0.5) is 17.1 Å². The fourth-order valence-electron chi connectivity index (χ4n) is 3.38. The second-order valence-electron chi connectivity index (χ2n) is 7.94.